The lowest BCUT2D eigenvalue weighted by Gasteiger charge is -2.06. The second-order valence-corrected chi connectivity index (χ2v) is 10.2. The summed E-state index contributed by atoms with van der Waals surface area (Å²) >= 11 is 2.59. The number of aromatic nitrogens is 1. The molecule has 0 radical (unpaired) electrons. The molecule has 0 spiro atoms. The number of rotatable bonds is 6. The van der Waals surface area contributed by atoms with Gasteiger partial charge in [0.25, 0.3) is 5.91 Å². The van der Waals surface area contributed by atoms with Gasteiger partial charge in [0.15, 0.2) is 14.6 Å². The van der Waals surface area contributed by atoms with Gasteiger partial charge in [0, 0.05) is 11.2 Å². The van der Waals surface area contributed by atoms with Crippen molar-refractivity contribution in [1.82, 2.24) is 4.57 Å². The second kappa shape index (κ2) is 9.15. The van der Waals surface area contributed by atoms with Crippen LogP contribution in [0.1, 0.15) is 17.3 Å². The van der Waals surface area contributed by atoms with Crippen molar-refractivity contribution in [3.8, 4) is 0 Å². The first-order valence-electron chi connectivity index (χ1n) is 8.95. The maximum atomic E-state index is 12.9. The first kappa shape index (κ1) is 22.3. The number of amides is 1. The summed E-state index contributed by atoms with van der Waals surface area (Å²) in [7, 11) is -3.40. The van der Waals surface area contributed by atoms with Gasteiger partial charge in [-0.2, -0.15) is 4.99 Å². The molecule has 0 atom stereocenters. The normalized spacial score (nSPS) is 12.3. The van der Waals surface area contributed by atoms with Crippen LogP contribution in [-0.2, 0) is 25.9 Å². The van der Waals surface area contributed by atoms with Crippen LogP contribution in [-0.4, -0.2) is 44.0 Å². The molecule has 158 valence electrons. The molecular weight excluding hydrogens is 444 g/mol. The Morgan fingerprint density at radius 3 is 2.60 bits per heavy atom. The number of esters is 1. The van der Waals surface area contributed by atoms with Crippen LogP contribution >= 0.6 is 23.1 Å². The zero-order valence-electron chi connectivity index (χ0n) is 16.6. The molecule has 2 aromatic carbocycles. The number of thiazole rings is 1. The van der Waals surface area contributed by atoms with E-state index in [0.717, 1.165) is 22.5 Å². The lowest BCUT2D eigenvalue weighted by atomic mass is 10.2. The van der Waals surface area contributed by atoms with Crippen molar-refractivity contribution in [2.45, 2.75) is 23.3 Å². The van der Waals surface area contributed by atoms with Crippen molar-refractivity contribution in [1.29, 1.82) is 0 Å². The van der Waals surface area contributed by atoms with Gasteiger partial charge >= 0.3 is 5.97 Å². The molecule has 0 saturated heterocycles. The van der Waals surface area contributed by atoms with Crippen LogP contribution in [0, 0.1) is 0 Å². The summed E-state index contributed by atoms with van der Waals surface area (Å²) < 4.78 is 31.0. The third-order valence-electron chi connectivity index (χ3n) is 4.21. The van der Waals surface area contributed by atoms with Crippen molar-refractivity contribution < 1.29 is 22.7 Å². The van der Waals surface area contributed by atoms with Gasteiger partial charge in [-0.1, -0.05) is 23.5 Å². The van der Waals surface area contributed by atoms with Gasteiger partial charge in [-0.15, -0.1) is 11.8 Å². The molecule has 0 fully saturated rings. The number of ether oxygens (including phenoxy) is 1. The van der Waals surface area contributed by atoms with Crippen LogP contribution in [0.5, 0.6) is 0 Å². The van der Waals surface area contributed by atoms with Gasteiger partial charge in [-0.25, -0.2) is 8.42 Å². The van der Waals surface area contributed by atoms with E-state index in [1.807, 2.05) is 18.4 Å². The highest BCUT2D eigenvalue weighted by Crippen LogP contribution is 2.23. The molecule has 3 aromatic rings. The monoisotopic (exact) mass is 464 g/mol. The third-order valence-corrected chi connectivity index (χ3v) is 7.16. The predicted molar refractivity (Wildman–Crippen MR) is 118 cm³/mol. The SMILES string of the molecule is CCOC(=O)Cn1c(=NC(=O)c2ccccc2SC)sc2cc(S(C)(=O)=O)ccc21. The summed E-state index contributed by atoms with van der Waals surface area (Å²) in [4.78, 5) is 30.5. The Hall–Kier alpha value is -2.43. The van der Waals surface area contributed by atoms with Gasteiger partial charge in [0.1, 0.15) is 6.54 Å². The van der Waals surface area contributed by atoms with E-state index < -0.39 is 21.7 Å². The zero-order valence-corrected chi connectivity index (χ0v) is 19.1. The number of benzene rings is 2. The number of hydrogen-bond acceptors (Lipinski definition) is 7. The Bertz CT molecular complexity index is 1290. The fraction of sp³-hybridized carbons (Fsp3) is 0.250. The molecule has 3 rings (SSSR count). The number of sulfone groups is 1. The van der Waals surface area contributed by atoms with Crippen LogP contribution in [0.4, 0.5) is 0 Å². The van der Waals surface area contributed by atoms with Crippen molar-refractivity contribution in [3.63, 3.8) is 0 Å². The molecule has 0 unspecified atom stereocenters. The topological polar surface area (TPSA) is 94.8 Å². The fourth-order valence-electron chi connectivity index (χ4n) is 2.83. The molecular formula is C20H20N2O5S3. The highest BCUT2D eigenvalue weighted by Gasteiger charge is 2.16. The maximum absolute atomic E-state index is 12.9. The zero-order chi connectivity index (χ0) is 21.9. The highest BCUT2D eigenvalue weighted by atomic mass is 32.2. The van der Waals surface area contributed by atoms with E-state index in [9.17, 15) is 18.0 Å². The van der Waals surface area contributed by atoms with Gasteiger partial charge < -0.3 is 9.30 Å². The third kappa shape index (κ3) is 4.82. The Labute approximate surface area is 182 Å². The lowest BCUT2D eigenvalue weighted by Crippen LogP contribution is -2.23. The van der Waals surface area contributed by atoms with Crippen LogP contribution in [0.25, 0.3) is 10.2 Å². The minimum absolute atomic E-state index is 0.137. The molecule has 0 saturated carbocycles. The molecule has 10 heteroatoms. The Balaban J connectivity index is 2.19. The smallest absolute Gasteiger partial charge is 0.326 e. The molecule has 0 aliphatic rings. The van der Waals surface area contributed by atoms with Crippen molar-refractivity contribution in [2.75, 3.05) is 19.1 Å². The van der Waals surface area contributed by atoms with Crippen LogP contribution < -0.4 is 4.80 Å². The first-order valence-corrected chi connectivity index (χ1v) is 12.9. The highest BCUT2D eigenvalue weighted by molar-refractivity contribution is 7.98. The number of hydrogen-bond donors (Lipinski definition) is 0. The summed E-state index contributed by atoms with van der Waals surface area (Å²) in [6.07, 6.45) is 3.00. The number of carbonyl (C=O) groups is 2. The molecule has 1 amide bonds. The van der Waals surface area contributed by atoms with Gasteiger partial charge in [0.2, 0.25) is 0 Å². The van der Waals surface area contributed by atoms with E-state index in [-0.39, 0.29) is 18.0 Å². The molecule has 0 bridgehead atoms. The van der Waals surface area contributed by atoms with Crippen molar-refractivity contribution in [2.24, 2.45) is 4.99 Å². The van der Waals surface area contributed by atoms with E-state index in [1.54, 1.807) is 29.7 Å². The standard InChI is InChI=1S/C20H20N2O5S3/c1-4-27-18(23)12-22-15-10-9-13(30(3,25)26)11-17(15)29-20(22)21-19(24)14-7-5-6-8-16(14)28-2/h5-11H,4,12H2,1-3H3. The molecule has 30 heavy (non-hydrogen) atoms. The molecule has 7 nitrogen and oxygen atoms in total. The van der Waals surface area contributed by atoms with E-state index >= 15 is 0 Å². The number of thioether (sulfide) groups is 1. The Morgan fingerprint density at radius 2 is 1.93 bits per heavy atom. The minimum Gasteiger partial charge on any atom is -0.465 e. The molecule has 0 N–H and O–H groups in total. The molecule has 1 heterocycles. The summed E-state index contributed by atoms with van der Waals surface area (Å²) in [5, 5.41) is 0. The second-order valence-electron chi connectivity index (χ2n) is 6.29. The number of carbonyl (C=O) groups excluding carboxylic acids is 2. The number of fused-ring (bicyclic) bond motifs is 1. The Morgan fingerprint density at radius 1 is 1.20 bits per heavy atom. The summed E-state index contributed by atoms with van der Waals surface area (Å²) in [5.74, 6) is -0.907. The van der Waals surface area contributed by atoms with Gasteiger partial charge in [-0.3, -0.25) is 9.59 Å². The van der Waals surface area contributed by atoms with Crippen LogP contribution in [0.3, 0.4) is 0 Å². The van der Waals surface area contributed by atoms with Crippen molar-refractivity contribution >= 4 is 55.0 Å². The largest absolute Gasteiger partial charge is 0.465 e. The minimum atomic E-state index is -3.40. The predicted octanol–water partition coefficient (Wildman–Crippen LogP) is 3.13. The van der Waals surface area contributed by atoms with Gasteiger partial charge in [0.05, 0.1) is 27.3 Å². The van der Waals surface area contributed by atoms with Crippen molar-refractivity contribution in [3.05, 3.63) is 52.8 Å². The Kier molecular flexibility index (Phi) is 6.79. The van der Waals surface area contributed by atoms with E-state index in [4.69, 9.17) is 4.74 Å². The molecule has 1 aromatic heterocycles. The lowest BCUT2D eigenvalue weighted by molar-refractivity contribution is -0.143. The van der Waals surface area contributed by atoms with Crippen LogP contribution in [0.2, 0.25) is 0 Å². The van der Waals surface area contributed by atoms with E-state index in [2.05, 4.69) is 4.99 Å². The van der Waals surface area contributed by atoms with Gasteiger partial charge in [-0.05, 0) is 43.5 Å². The molecule has 0 aliphatic heterocycles. The average molecular weight is 465 g/mol. The molecule has 0 aliphatic carbocycles. The number of nitrogens with zero attached hydrogens (tertiary/aromatic N) is 2. The fourth-order valence-corrected chi connectivity index (χ4v) is 5.21. The van der Waals surface area contributed by atoms with E-state index in [0.29, 0.717) is 20.6 Å². The average Bonchev–Trinajstić information content (AvgIpc) is 3.03. The quantitative estimate of drug-likeness (QED) is 0.411. The summed E-state index contributed by atoms with van der Waals surface area (Å²) in [5.41, 5.74) is 1.06. The van der Waals surface area contributed by atoms with E-state index in [1.165, 1.54) is 23.9 Å². The first-order chi connectivity index (χ1) is 14.2. The van der Waals surface area contributed by atoms with Crippen LogP contribution in [0.15, 0.2) is 57.2 Å². The summed E-state index contributed by atoms with van der Waals surface area (Å²) in [6, 6.07) is 11.7. The summed E-state index contributed by atoms with van der Waals surface area (Å²) in [6.45, 7) is 1.80. The maximum Gasteiger partial charge on any atom is 0.326 e.